The molecule has 1 aliphatic rings. The fourth-order valence-electron chi connectivity index (χ4n) is 0.914. The second-order valence-corrected chi connectivity index (χ2v) is 2.49. The van der Waals surface area contributed by atoms with Gasteiger partial charge in [-0.25, -0.2) is 0 Å². The number of hydrogen-bond donors (Lipinski definition) is 1. The van der Waals surface area contributed by atoms with E-state index in [1.807, 2.05) is 31.4 Å². The number of nitrogens with one attached hydrogen (secondary N) is 1. The normalized spacial score (nSPS) is 19.3. The zero-order chi connectivity index (χ0) is 9.36. The monoisotopic (exact) mass is 181 g/mol. The summed E-state index contributed by atoms with van der Waals surface area (Å²) in [5, 5.41) is 3.08. The number of allylic oxidation sites excluding steroid dienone is 3. The van der Waals surface area contributed by atoms with E-state index in [1.54, 1.807) is 6.26 Å². The first-order chi connectivity index (χ1) is 6.43. The molecule has 0 fully saturated rings. The van der Waals surface area contributed by atoms with E-state index in [1.165, 1.54) is 0 Å². The highest BCUT2D eigenvalue weighted by atomic mass is 16.5. The Kier molecular flexibility index (Phi) is 4.61. The fraction of sp³-hybridized carbons (Fsp3) is 0.400. The molecule has 3 nitrogen and oxygen atoms in total. The van der Waals surface area contributed by atoms with Crippen molar-refractivity contribution in [2.75, 3.05) is 19.8 Å². The van der Waals surface area contributed by atoms with Crippen molar-refractivity contribution >= 4 is 0 Å². The molecule has 0 aromatic carbocycles. The third kappa shape index (κ3) is 4.25. The molecule has 1 aliphatic heterocycles. The molecule has 0 aromatic rings. The predicted octanol–water partition coefficient (Wildman–Crippen LogP) is 1.55. The van der Waals surface area contributed by atoms with Gasteiger partial charge in [-0.05, 0) is 25.3 Å². The Labute approximate surface area is 78.7 Å². The molecular formula is C10H15NO2. The van der Waals surface area contributed by atoms with Crippen molar-refractivity contribution < 1.29 is 9.47 Å². The summed E-state index contributed by atoms with van der Waals surface area (Å²) in [4.78, 5) is 0. The zero-order valence-corrected chi connectivity index (χ0v) is 7.82. The average Bonchev–Trinajstić information content (AvgIpc) is 2.16. The molecule has 0 saturated carbocycles. The van der Waals surface area contributed by atoms with Crippen LogP contribution < -0.4 is 5.32 Å². The molecule has 0 unspecified atom stereocenters. The number of rotatable bonds is 2. The topological polar surface area (TPSA) is 30.5 Å². The molecule has 0 amide bonds. The Hall–Kier alpha value is -1.38. The Morgan fingerprint density at radius 1 is 1.62 bits per heavy atom. The van der Waals surface area contributed by atoms with Gasteiger partial charge in [-0.2, -0.15) is 0 Å². The summed E-state index contributed by atoms with van der Waals surface area (Å²) in [5.41, 5.74) is 0. The second-order valence-electron chi connectivity index (χ2n) is 2.49. The summed E-state index contributed by atoms with van der Waals surface area (Å²) >= 11 is 0. The summed E-state index contributed by atoms with van der Waals surface area (Å²) in [6, 6.07) is 0. The van der Waals surface area contributed by atoms with Crippen molar-refractivity contribution in [2.45, 2.75) is 6.92 Å². The lowest BCUT2D eigenvalue weighted by Gasteiger charge is -2.05. The first-order valence-corrected chi connectivity index (χ1v) is 4.44. The molecule has 0 saturated heterocycles. The van der Waals surface area contributed by atoms with Gasteiger partial charge in [0, 0.05) is 12.6 Å². The lowest BCUT2D eigenvalue weighted by Crippen LogP contribution is -2.12. The van der Waals surface area contributed by atoms with Gasteiger partial charge in [0.25, 0.3) is 0 Å². The molecule has 1 rings (SSSR count). The van der Waals surface area contributed by atoms with Gasteiger partial charge in [0.05, 0.1) is 12.9 Å². The van der Waals surface area contributed by atoms with Gasteiger partial charge >= 0.3 is 0 Å². The minimum atomic E-state index is 0.664. The summed E-state index contributed by atoms with van der Waals surface area (Å²) in [7, 11) is 0. The molecule has 0 bridgehead atoms. The third-order valence-corrected chi connectivity index (χ3v) is 1.48. The SMILES string of the molecule is CCOC1=C/C=C/NCCOC=C1. The fourth-order valence-corrected chi connectivity index (χ4v) is 0.914. The predicted molar refractivity (Wildman–Crippen MR) is 51.9 cm³/mol. The minimum absolute atomic E-state index is 0.664. The van der Waals surface area contributed by atoms with E-state index in [0.29, 0.717) is 13.2 Å². The highest BCUT2D eigenvalue weighted by Crippen LogP contribution is 2.00. The lowest BCUT2D eigenvalue weighted by atomic mass is 10.4. The third-order valence-electron chi connectivity index (χ3n) is 1.48. The smallest absolute Gasteiger partial charge is 0.122 e. The van der Waals surface area contributed by atoms with Crippen LogP contribution in [0.1, 0.15) is 6.92 Å². The van der Waals surface area contributed by atoms with E-state index in [0.717, 1.165) is 12.3 Å². The van der Waals surface area contributed by atoms with Crippen molar-refractivity contribution in [1.82, 2.24) is 5.32 Å². The van der Waals surface area contributed by atoms with E-state index < -0.39 is 0 Å². The van der Waals surface area contributed by atoms with Crippen molar-refractivity contribution in [3.63, 3.8) is 0 Å². The van der Waals surface area contributed by atoms with Crippen LogP contribution in [0.5, 0.6) is 0 Å². The highest BCUT2D eigenvalue weighted by molar-refractivity contribution is 5.17. The molecule has 0 aliphatic carbocycles. The van der Waals surface area contributed by atoms with Gasteiger partial charge in [-0.15, -0.1) is 0 Å². The standard InChI is InChI=1S/C10H15NO2/c1-2-13-10-4-3-6-11-7-9-12-8-5-10/h3-6,8,11H,2,7,9H2,1H3/b6-3+,8-5?,10-4?. The van der Waals surface area contributed by atoms with Crippen LogP contribution in [0.4, 0.5) is 0 Å². The zero-order valence-electron chi connectivity index (χ0n) is 7.82. The Morgan fingerprint density at radius 2 is 2.54 bits per heavy atom. The van der Waals surface area contributed by atoms with Crippen molar-refractivity contribution in [1.29, 1.82) is 0 Å². The summed E-state index contributed by atoms with van der Waals surface area (Å²) in [5.74, 6) is 0.808. The highest BCUT2D eigenvalue weighted by Gasteiger charge is 1.90. The molecule has 0 aromatic heterocycles. The largest absolute Gasteiger partial charge is 0.499 e. The van der Waals surface area contributed by atoms with Crippen molar-refractivity contribution in [3.8, 4) is 0 Å². The van der Waals surface area contributed by atoms with Crippen molar-refractivity contribution in [2.24, 2.45) is 0 Å². The maximum atomic E-state index is 5.33. The van der Waals surface area contributed by atoms with E-state index in [4.69, 9.17) is 9.47 Å². The Balaban J connectivity index is 2.57. The molecule has 13 heavy (non-hydrogen) atoms. The molecule has 0 radical (unpaired) electrons. The molecule has 1 heterocycles. The van der Waals surface area contributed by atoms with Gasteiger partial charge in [0.15, 0.2) is 0 Å². The van der Waals surface area contributed by atoms with E-state index in [-0.39, 0.29) is 0 Å². The Morgan fingerprint density at radius 3 is 3.38 bits per heavy atom. The quantitative estimate of drug-likeness (QED) is 0.701. The molecule has 72 valence electrons. The summed E-state index contributed by atoms with van der Waals surface area (Å²) in [6.45, 7) is 4.10. The van der Waals surface area contributed by atoms with Crippen LogP contribution in [0.3, 0.4) is 0 Å². The first kappa shape index (κ1) is 9.71. The van der Waals surface area contributed by atoms with Crippen LogP contribution in [0.15, 0.2) is 36.4 Å². The van der Waals surface area contributed by atoms with E-state index in [2.05, 4.69) is 5.32 Å². The molecule has 3 heteroatoms. The molecule has 1 N–H and O–H groups in total. The summed E-state index contributed by atoms with van der Waals surface area (Å²) < 4.78 is 10.5. The number of hydrogen-bond acceptors (Lipinski definition) is 3. The minimum Gasteiger partial charge on any atom is -0.499 e. The maximum absolute atomic E-state index is 5.33. The Bertz CT molecular complexity index is 219. The second kappa shape index (κ2) is 6.17. The van der Waals surface area contributed by atoms with Gasteiger partial charge < -0.3 is 14.8 Å². The van der Waals surface area contributed by atoms with Crippen LogP contribution in [0.2, 0.25) is 0 Å². The number of ether oxygens (including phenoxy) is 2. The van der Waals surface area contributed by atoms with Crippen LogP contribution in [-0.2, 0) is 9.47 Å². The van der Waals surface area contributed by atoms with Gasteiger partial charge in [0.1, 0.15) is 12.4 Å². The van der Waals surface area contributed by atoms with Crippen LogP contribution in [0, 0.1) is 0 Å². The van der Waals surface area contributed by atoms with Crippen molar-refractivity contribution in [3.05, 3.63) is 36.4 Å². The van der Waals surface area contributed by atoms with Gasteiger partial charge in [0.2, 0.25) is 0 Å². The van der Waals surface area contributed by atoms with Crippen LogP contribution in [-0.4, -0.2) is 19.8 Å². The first-order valence-electron chi connectivity index (χ1n) is 4.44. The van der Waals surface area contributed by atoms with E-state index >= 15 is 0 Å². The summed E-state index contributed by atoms with van der Waals surface area (Å²) in [6.07, 6.45) is 9.16. The molecule has 0 atom stereocenters. The maximum Gasteiger partial charge on any atom is 0.122 e. The van der Waals surface area contributed by atoms with Gasteiger partial charge in [-0.1, -0.05) is 0 Å². The molecule has 0 spiro atoms. The molecular weight excluding hydrogens is 166 g/mol. The van der Waals surface area contributed by atoms with E-state index in [9.17, 15) is 0 Å². The lowest BCUT2D eigenvalue weighted by molar-refractivity contribution is 0.230. The average molecular weight is 181 g/mol. The van der Waals surface area contributed by atoms with Crippen LogP contribution >= 0.6 is 0 Å². The van der Waals surface area contributed by atoms with Crippen LogP contribution in [0.25, 0.3) is 0 Å². The van der Waals surface area contributed by atoms with Gasteiger partial charge in [-0.3, -0.25) is 0 Å².